The van der Waals surface area contributed by atoms with Gasteiger partial charge in [-0.1, -0.05) is 19.1 Å². The molecule has 2 aromatic rings. The number of amides is 1. The lowest BCUT2D eigenvalue weighted by atomic mass is 9.78. The molecule has 0 radical (unpaired) electrons. The molecule has 0 aliphatic carbocycles. The molecule has 4 rings (SSSR count). The summed E-state index contributed by atoms with van der Waals surface area (Å²) in [4.78, 5) is 25.2. The van der Waals surface area contributed by atoms with Crippen molar-refractivity contribution in [1.82, 2.24) is 19.8 Å². The Labute approximate surface area is 160 Å². The summed E-state index contributed by atoms with van der Waals surface area (Å²) in [5.74, 6) is 1.14. The van der Waals surface area contributed by atoms with E-state index in [2.05, 4.69) is 31.9 Å². The normalized spacial score (nSPS) is 19.1. The van der Waals surface area contributed by atoms with Crippen molar-refractivity contribution in [3.8, 4) is 5.75 Å². The van der Waals surface area contributed by atoms with E-state index in [4.69, 9.17) is 4.74 Å². The third kappa shape index (κ3) is 3.23. The first-order valence-electron chi connectivity index (χ1n) is 9.85. The molecule has 27 heavy (non-hydrogen) atoms. The molecule has 1 aromatic carbocycles. The number of carbonyl (C=O) groups is 1. The molecule has 0 saturated carbocycles. The molecule has 1 N–H and O–H groups in total. The van der Waals surface area contributed by atoms with E-state index in [1.807, 2.05) is 19.1 Å². The number of ether oxygens (including phenoxy) is 1. The van der Waals surface area contributed by atoms with Gasteiger partial charge in [-0.25, -0.2) is 4.98 Å². The van der Waals surface area contributed by atoms with Crippen LogP contribution in [-0.2, 0) is 23.3 Å². The predicted octanol–water partition coefficient (Wildman–Crippen LogP) is 2.70. The zero-order valence-electron chi connectivity index (χ0n) is 16.2. The van der Waals surface area contributed by atoms with Gasteiger partial charge in [0, 0.05) is 44.7 Å². The highest BCUT2D eigenvalue weighted by Gasteiger charge is 2.48. The summed E-state index contributed by atoms with van der Waals surface area (Å²) in [5.41, 5.74) is 3.31. The second-order valence-electron chi connectivity index (χ2n) is 7.54. The van der Waals surface area contributed by atoms with Gasteiger partial charge in [0.2, 0.25) is 5.91 Å². The lowest BCUT2D eigenvalue weighted by Gasteiger charge is -2.50. The van der Waals surface area contributed by atoms with Crippen LogP contribution < -0.4 is 4.74 Å². The lowest BCUT2D eigenvalue weighted by Crippen LogP contribution is -2.58. The predicted molar refractivity (Wildman–Crippen MR) is 103 cm³/mol. The topological polar surface area (TPSA) is 61.5 Å². The quantitative estimate of drug-likeness (QED) is 0.901. The van der Waals surface area contributed by atoms with Crippen molar-refractivity contribution < 1.29 is 9.53 Å². The molecule has 1 fully saturated rings. The van der Waals surface area contributed by atoms with Gasteiger partial charge in [0.25, 0.3) is 0 Å². The SMILES string of the molecule is CCC(=O)N1CCc2[nH]cnc2C12CCN(Cc1cccc(OC)c1)CC2. The Morgan fingerprint density at radius 3 is 2.85 bits per heavy atom. The molecule has 2 aliphatic heterocycles. The van der Waals surface area contributed by atoms with Crippen molar-refractivity contribution in [3.05, 3.63) is 47.5 Å². The van der Waals surface area contributed by atoms with E-state index < -0.39 is 0 Å². The highest BCUT2D eigenvalue weighted by atomic mass is 16.5. The number of nitrogens with one attached hydrogen (secondary N) is 1. The summed E-state index contributed by atoms with van der Waals surface area (Å²) in [6, 6.07) is 8.26. The van der Waals surface area contributed by atoms with Crippen molar-refractivity contribution >= 4 is 5.91 Å². The van der Waals surface area contributed by atoms with Crippen molar-refractivity contribution in [2.45, 2.75) is 44.7 Å². The fourth-order valence-corrected chi connectivity index (χ4v) is 4.65. The van der Waals surface area contributed by atoms with Gasteiger partial charge < -0.3 is 14.6 Å². The Morgan fingerprint density at radius 2 is 2.11 bits per heavy atom. The minimum Gasteiger partial charge on any atom is -0.497 e. The summed E-state index contributed by atoms with van der Waals surface area (Å²) in [6.45, 7) is 5.56. The van der Waals surface area contributed by atoms with Crippen LogP contribution in [0.3, 0.4) is 0 Å². The number of hydrogen-bond acceptors (Lipinski definition) is 4. The van der Waals surface area contributed by atoms with Gasteiger partial charge in [-0.05, 0) is 30.5 Å². The number of methoxy groups -OCH3 is 1. The third-order valence-electron chi connectivity index (χ3n) is 6.09. The van der Waals surface area contributed by atoms with Crippen LogP contribution >= 0.6 is 0 Å². The summed E-state index contributed by atoms with van der Waals surface area (Å²) < 4.78 is 5.34. The second-order valence-corrected chi connectivity index (χ2v) is 7.54. The number of fused-ring (bicyclic) bond motifs is 2. The smallest absolute Gasteiger partial charge is 0.223 e. The van der Waals surface area contributed by atoms with Crippen LogP contribution in [0.15, 0.2) is 30.6 Å². The van der Waals surface area contributed by atoms with Gasteiger partial charge in [0.15, 0.2) is 0 Å². The van der Waals surface area contributed by atoms with Crippen molar-refractivity contribution in [1.29, 1.82) is 0 Å². The number of benzene rings is 1. The highest BCUT2D eigenvalue weighted by Crippen LogP contribution is 2.42. The monoisotopic (exact) mass is 368 g/mol. The van der Waals surface area contributed by atoms with Gasteiger partial charge in [-0.2, -0.15) is 0 Å². The number of nitrogens with zero attached hydrogens (tertiary/aromatic N) is 3. The van der Waals surface area contributed by atoms with Crippen LogP contribution in [0.1, 0.15) is 43.1 Å². The first-order chi connectivity index (χ1) is 13.2. The van der Waals surface area contributed by atoms with Gasteiger partial charge in [0.05, 0.1) is 24.7 Å². The molecule has 0 unspecified atom stereocenters. The zero-order valence-corrected chi connectivity index (χ0v) is 16.2. The third-order valence-corrected chi connectivity index (χ3v) is 6.09. The van der Waals surface area contributed by atoms with E-state index in [0.29, 0.717) is 6.42 Å². The summed E-state index contributed by atoms with van der Waals surface area (Å²) >= 11 is 0. The average molecular weight is 368 g/mol. The summed E-state index contributed by atoms with van der Waals surface area (Å²) in [6.07, 6.45) is 5.07. The maximum atomic E-state index is 12.7. The van der Waals surface area contributed by atoms with Crippen molar-refractivity contribution in [2.75, 3.05) is 26.7 Å². The molecular weight excluding hydrogens is 340 g/mol. The van der Waals surface area contributed by atoms with Crippen LogP contribution in [0.2, 0.25) is 0 Å². The Balaban J connectivity index is 1.52. The van der Waals surface area contributed by atoms with E-state index in [0.717, 1.165) is 56.9 Å². The number of rotatable bonds is 4. The van der Waals surface area contributed by atoms with E-state index in [9.17, 15) is 4.79 Å². The first kappa shape index (κ1) is 18.0. The minimum atomic E-state index is -0.244. The van der Waals surface area contributed by atoms with E-state index in [1.54, 1.807) is 13.4 Å². The second kappa shape index (κ2) is 7.35. The first-order valence-corrected chi connectivity index (χ1v) is 9.85. The maximum Gasteiger partial charge on any atom is 0.223 e. The van der Waals surface area contributed by atoms with Gasteiger partial charge in [0.1, 0.15) is 5.75 Å². The number of carbonyl (C=O) groups excluding carboxylic acids is 1. The lowest BCUT2D eigenvalue weighted by molar-refractivity contribution is -0.141. The average Bonchev–Trinajstić information content (AvgIpc) is 3.20. The van der Waals surface area contributed by atoms with Gasteiger partial charge in [-0.3, -0.25) is 9.69 Å². The molecule has 1 amide bonds. The zero-order chi connectivity index (χ0) is 18.9. The summed E-state index contributed by atoms with van der Waals surface area (Å²) in [7, 11) is 1.70. The number of aromatic amines is 1. The molecule has 6 heteroatoms. The molecule has 1 aromatic heterocycles. The number of likely N-dealkylation sites (tertiary alicyclic amines) is 1. The standard InChI is InChI=1S/C21H28N4O2/c1-3-19(26)25-10-7-18-20(23-15-22-18)21(25)8-11-24(12-9-21)14-16-5-4-6-17(13-16)27-2/h4-6,13,15H,3,7-12,14H2,1-2H3,(H,22,23). The number of piperidine rings is 1. The molecule has 6 nitrogen and oxygen atoms in total. The fourth-order valence-electron chi connectivity index (χ4n) is 4.65. The number of H-pyrrole nitrogens is 1. The minimum absolute atomic E-state index is 0.241. The van der Waals surface area contributed by atoms with Crippen LogP contribution in [0.4, 0.5) is 0 Å². The fraction of sp³-hybridized carbons (Fsp3) is 0.524. The van der Waals surface area contributed by atoms with Crippen molar-refractivity contribution in [2.24, 2.45) is 0 Å². The van der Waals surface area contributed by atoms with Gasteiger partial charge >= 0.3 is 0 Å². The van der Waals surface area contributed by atoms with Crippen molar-refractivity contribution in [3.63, 3.8) is 0 Å². The largest absolute Gasteiger partial charge is 0.497 e. The van der Waals surface area contributed by atoms with Crippen LogP contribution in [0, 0.1) is 0 Å². The Bertz CT molecular complexity index is 808. The van der Waals surface area contributed by atoms with Crippen LogP contribution in [-0.4, -0.2) is 52.4 Å². The van der Waals surface area contributed by atoms with E-state index in [-0.39, 0.29) is 11.4 Å². The van der Waals surface area contributed by atoms with Crippen LogP contribution in [0.25, 0.3) is 0 Å². The molecule has 1 spiro atoms. The van der Waals surface area contributed by atoms with Crippen LogP contribution in [0.5, 0.6) is 5.75 Å². The molecule has 2 aliphatic rings. The number of hydrogen-bond donors (Lipinski definition) is 1. The molecule has 0 bridgehead atoms. The van der Waals surface area contributed by atoms with E-state index in [1.165, 1.54) is 11.3 Å². The van der Waals surface area contributed by atoms with Gasteiger partial charge in [-0.15, -0.1) is 0 Å². The molecule has 144 valence electrons. The molecule has 1 saturated heterocycles. The molecular formula is C21H28N4O2. The number of imidazole rings is 1. The number of aromatic nitrogens is 2. The maximum absolute atomic E-state index is 12.7. The molecule has 0 atom stereocenters. The Hall–Kier alpha value is -2.34. The Kier molecular flexibility index (Phi) is 4.91. The summed E-state index contributed by atoms with van der Waals surface area (Å²) in [5, 5.41) is 0. The Morgan fingerprint density at radius 1 is 1.30 bits per heavy atom. The highest BCUT2D eigenvalue weighted by molar-refractivity contribution is 5.77. The van der Waals surface area contributed by atoms with E-state index >= 15 is 0 Å². The molecule has 3 heterocycles.